The van der Waals surface area contributed by atoms with Crippen LogP contribution < -0.4 is 0 Å². The number of nitrogens with zero attached hydrogens (tertiary/aromatic N) is 2. The van der Waals surface area contributed by atoms with Crippen LogP contribution in [-0.2, 0) is 12.5 Å². The molecule has 1 N–H and O–H groups in total. The Balaban J connectivity index is 2.63. The van der Waals surface area contributed by atoms with Gasteiger partial charge in [-0.05, 0) is 24.1 Å². The predicted octanol–water partition coefficient (Wildman–Crippen LogP) is 3.39. The number of carboxylic acids is 1. The van der Waals surface area contributed by atoms with Crippen molar-refractivity contribution in [2.75, 3.05) is 0 Å². The van der Waals surface area contributed by atoms with E-state index >= 15 is 0 Å². The second-order valence-corrected chi connectivity index (χ2v) is 6.15. The van der Waals surface area contributed by atoms with E-state index in [2.05, 4.69) is 25.9 Å². The maximum absolute atomic E-state index is 11.3. The number of carboxylic acid groups (broad SMARTS) is 1. The quantitative estimate of drug-likeness (QED) is 0.911. The van der Waals surface area contributed by atoms with Gasteiger partial charge in [0, 0.05) is 24.2 Å². The molecular formula is C16H20N2O2. The van der Waals surface area contributed by atoms with Crippen LogP contribution >= 0.6 is 0 Å². The van der Waals surface area contributed by atoms with Crippen LogP contribution in [0.25, 0.3) is 11.1 Å². The molecule has 0 atom stereocenters. The first-order valence-electron chi connectivity index (χ1n) is 6.58. The fourth-order valence-electron chi connectivity index (χ4n) is 2.27. The van der Waals surface area contributed by atoms with Crippen LogP contribution in [0.15, 0.2) is 24.4 Å². The molecule has 1 heterocycles. The number of carbonyl (C=O) groups is 1. The van der Waals surface area contributed by atoms with Crippen molar-refractivity contribution in [1.82, 2.24) is 9.78 Å². The van der Waals surface area contributed by atoms with E-state index in [0.717, 1.165) is 22.4 Å². The number of aromatic carboxylic acids is 1. The SMILES string of the molecule is Cc1ccc(-c2cn(C)nc2C(C)(C)C)cc1C(=O)O. The summed E-state index contributed by atoms with van der Waals surface area (Å²) in [5.74, 6) is -0.898. The zero-order chi connectivity index (χ0) is 15.1. The van der Waals surface area contributed by atoms with Gasteiger partial charge < -0.3 is 5.11 Å². The Morgan fingerprint density at radius 3 is 2.50 bits per heavy atom. The van der Waals surface area contributed by atoms with Crippen LogP contribution in [0, 0.1) is 6.92 Å². The van der Waals surface area contributed by atoms with Crippen molar-refractivity contribution in [1.29, 1.82) is 0 Å². The maximum atomic E-state index is 11.3. The third-order valence-electron chi connectivity index (χ3n) is 3.32. The lowest BCUT2D eigenvalue weighted by Gasteiger charge is -2.17. The molecule has 106 valence electrons. The number of rotatable bonds is 2. The smallest absolute Gasteiger partial charge is 0.335 e. The average molecular weight is 272 g/mol. The number of benzene rings is 1. The highest BCUT2D eigenvalue weighted by atomic mass is 16.4. The second kappa shape index (κ2) is 4.78. The van der Waals surface area contributed by atoms with Gasteiger partial charge in [-0.25, -0.2) is 4.79 Å². The second-order valence-electron chi connectivity index (χ2n) is 6.15. The zero-order valence-electron chi connectivity index (χ0n) is 12.6. The lowest BCUT2D eigenvalue weighted by atomic mass is 9.87. The first-order valence-corrected chi connectivity index (χ1v) is 6.58. The van der Waals surface area contributed by atoms with Gasteiger partial charge in [0.05, 0.1) is 11.3 Å². The van der Waals surface area contributed by atoms with Crippen molar-refractivity contribution in [3.05, 3.63) is 41.2 Å². The van der Waals surface area contributed by atoms with Gasteiger partial charge in [0.2, 0.25) is 0 Å². The van der Waals surface area contributed by atoms with Crippen molar-refractivity contribution in [3.63, 3.8) is 0 Å². The molecule has 20 heavy (non-hydrogen) atoms. The minimum absolute atomic E-state index is 0.0924. The first-order chi connectivity index (χ1) is 9.20. The Hall–Kier alpha value is -2.10. The molecule has 0 aliphatic carbocycles. The Bertz CT molecular complexity index is 664. The fourth-order valence-corrected chi connectivity index (χ4v) is 2.27. The van der Waals surface area contributed by atoms with Crippen LogP contribution in [0.5, 0.6) is 0 Å². The van der Waals surface area contributed by atoms with Crippen LogP contribution in [0.2, 0.25) is 0 Å². The van der Waals surface area contributed by atoms with E-state index in [4.69, 9.17) is 0 Å². The maximum Gasteiger partial charge on any atom is 0.335 e. The summed E-state index contributed by atoms with van der Waals surface area (Å²) in [7, 11) is 1.88. The summed E-state index contributed by atoms with van der Waals surface area (Å²) in [6, 6.07) is 5.52. The molecule has 0 saturated carbocycles. The van der Waals surface area contributed by atoms with E-state index in [1.54, 1.807) is 17.7 Å². The monoisotopic (exact) mass is 272 g/mol. The van der Waals surface area contributed by atoms with E-state index in [9.17, 15) is 9.90 Å². The highest BCUT2D eigenvalue weighted by molar-refractivity contribution is 5.91. The van der Waals surface area contributed by atoms with Crippen molar-refractivity contribution in [2.24, 2.45) is 7.05 Å². The highest BCUT2D eigenvalue weighted by Crippen LogP contribution is 2.32. The van der Waals surface area contributed by atoms with Crippen LogP contribution in [0.4, 0.5) is 0 Å². The highest BCUT2D eigenvalue weighted by Gasteiger charge is 2.23. The van der Waals surface area contributed by atoms with E-state index < -0.39 is 5.97 Å². The topological polar surface area (TPSA) is 55.1 Å². The summed E-state index contributed by atoms with van der Waals surface area (Å²) < 4.78 is 1.77. The number of aromatic nitrogens is 2. The Labute approximate surface area is 119 Å². The van der Waals surface area contributed by atoms with Crippen molar-refractivity contribution < 1.29 is 9.90 Å². The third-order valence-corrected chi connectivity index (χ3v) is 3.32. The van der Waals surface area contributed by atoms with Crippen LogP contribution in [-0.4, -0.2) is 20.9 Å². The zero-order valence-corrected chi connectivity index (χ0v) is 12.6. The molecule has 4 heteroatoms. The summed E-state index contributed by atoms with van der Waals surface area (Å²) >= 11 is 0. The van der Waals surface area contributed by atoms with E-state index in [1.165, 1.54) is 0 Å². The molecule has 0 amide bonds. The minimum Gasteiger partial charge on any atom is -0.478 e. The molecule has 0 fully saturated rings. The van der Waals surface area contributed by atoms with Crippen molar-refractivity contribution in [2.45, 2.75) is 33.1 Å². The summed E-state index contributed by atoms with van der Waals surface area (Å²) in [4.78, 5) is 11.3. The van der Waals surface area contributed by atoms with E-state index in [1.807, 2.05) is 25.4 Å². The summed E-state index contributed by atoms with van der Waals surface area (Å²) in [5.41, 5.74) is 3.87. The molecule has 0 aliphatic rings. The van der Waals surface area contributed by atoms with Crippen molar-refractivity contribution in [3.8, 4) is 11.1 Å². The lowest BCUT2D eigenvalue weighted by molar-refractivity contribution is 0.0696. The fraction of sp³-hybridized carbons (Fsp3) is 0.375. The van der Waals surface area contributed by atoms with Gasteiger partial charge in [-0.3, -0.25) is 4.68 Å². The number of hydrogen-bond donors (Lipinski definition) is 1. The average Bonchev–Trinajstić information content (AvgIpc) is 2.71. The normalized spacial score (nSPS) is 11.7. The van der Waals surface area contributed by atoms with Gasteiger partial charge in [0.1, 0.15) is 0 Å². The third kappa shape index (κ3) is 2.59. The van der Waals surface area contributed by atoms with Crippen molar-refractivity contribution >= 4 is 5.97 Å². The van der Waals surface area contributed by atoms with E-state index in [0.29, 0.717) is 5.56 Å². The van der Waals surface area contributed by atoms with Gasteiger partial charge in [-0.2, -0.15) is 5.10 Å². The van der Waals surface area contributed by atoms with Gasteiger partial charge >= 0.3 is 5.97 Å². The number of hydrogen-bond acceptors (Lipinski definition) is 2. The Morgan fingerprint density at radius 1 is 1.30 bits per heavy atom. The molecule has 0 unspecified atom stereocenters. The van der Waals surface area contributed by atoms with Gasteiger partial charge in [0.25, 0.3) is 0 Å². The molecule has 0 bridgehead atoms. The summed E-state index contributed by atoms with van der Waals surface area (Å²) in [6.45, 7) is 8.11. The standard InChI is InChI=1S/C16H20N2O2/c1-10-6-7-11(8-12(10)15(19)20)13-9-18(5)17-14(13)16(2,3)4/h6-9H,1-5H3,(H,19,20). The Morgan fingerprint density at radius 2 is 1.95 bits per heavy atom. The molecular weight excluding hydrogens is 252 g/mol. The van der Waals surface area contributed by atoms with Crippen LogP contribution in [0.3, 0.4) is 0 Å². The van der Waals surface area contributed by atoms with Crippen LogP contribution in [0.1, 0.15) is 42.4 Å². The largest absolute Gasteiger partial charge is 0.478 e. The first kappa shape index (κ1) is 14.3. The Kier molecular flexibility index (Phi) is 3.42. The molecule has 4 nitrogen and oxygen atoms in total. The van der Waals surface area contributed by atoms with Gasteiger partial charge in [-0.1, -0.05) is 32.9 Å². The lowest BCUT2D eigenvalue weighted by Crippen LogP contribution is -2.13. The van der Waals surface area contributed by atoms with Gasteiger partial charge in [0.15, 0.2) is 0 Å². The summed E-state index contributed by atoms with van der Waals surface area (Å²) in [6.07, 6.45) is 1.94. The molecule has 0 radical (unpaired) electrons. The molecule has 0 aliphatic heterocycles. The molecule has 1 aromatic carbocycles. The molecule has 2 aromatic rings. The number of aryl methyl sites for hydroxylation is 2. The van der Waals surface area contributed by atoms with Gasteiger partial charge in [-0.15, -0.1) is 0 Å². The summed E-state index contributed by atoms with van der Waals surface area (Å²) in [5, 5.41) is 13.8. The molecule has 0 spiro atoms. The van der Waals surface area contributed by atoms with E-state index in [-0.39, 0.29) is 5.41 Å². The predicted molar refractivity (Wildman–Crippen MR) is 79.0 cm³/mol. The molecule has 1 aromatic heterocycles. The molecule has 0 saturated heterocycles. The molecule has 2 rings (SSSR count). The minimum atomic E-state index is -0.898.